The molecule has 5 heterocycles. The first-order valence-electron chi connectivity index (χ1n) is 11.7. The molecule has 1 atom stereocenters. The van der Waals surface area contributed by atoms with Crippen LogP contribution in [0.15, 0.2) is 83.4 Å². The molecular weight excluding hydrogens is 528 g/mol. The molecule has 11 nitrogen and oxygen atoms in total. The molecule has 1 aliphatic rings. The van der Waals surface area contributed by atoms with Crippen molar-refractivity contribution in [1.82, 2.24) is 28.7 Å². The molecule has 1 aromatic carbocycles. The third kappa shape index (κ3) is 4.27. The molecule has 0 bridgehead atoms. The van der Waals surface area contributed by atoms with Gasteiger partial charge < -0.3 is 4.74 Å². The van der Waals surface area contributed by atoms with Crippen molar-refractivity contribution in [3.8, 4) is 22.5 Å². The van der Waals surface area contributed by atoms with Crippen LogP contribution in [0.25, 0.3) is 33.5 Å². The SMILES string of the molecule is CS(=O)(=O)c1nccc(-c2cn(C3CCOC3)nc2-c2cnc3c(ccn3S(=O)(=O)c3ccccc3)c2)n1. The zero-order valence-corrected chi connectivity index (χ0v) is 21.8. The first-order valence-corrected chi connectivity index (χ1v) is 15.0. The lowest BCUT2D eigenvalue weighted by Crippen LogP contribution is -2.12. The number of rotatable bonds is 6. The average Bonchev–Trinajstić information content (AvgIpc) is 3.68. The van der Waals surface area contributed by atoms with Gasteiger partial charge in [0.2, 0.25) is 15.0 Å². The van der Waals surface area contributed by atoms with E-state index in [1.807, 2.05) is 6.20 Å². The predicted octanol–water partition coefficient (Wildman–Crippen LogP) is 2.96. The van der Waals surface area contributed by atoms with Crippen molar-refractivity contribution in [3.05, 3.63) is 73.3 Å². The molecule has 1 unspecified atom stereocenters. The molecule has 6 rings (SSSR count). The topological polar surface area (TPSA) is 139 Å². The van der Waals surface area contributed by atoms with Crippen LogP contribution in [0.5, 0.6) is 0 Å². The van der Waals surface area contributed by atoms with E-state index in [9.17, 15) is 16.8 Å². The summed E-state index contributed by atoms with van der Waals surface area (Å²) in [5.74, 6) is 0. The molecule has 0 N–H and O–H groups in total. The normalized spacial score (nSPS) is 16.3. The van der Waals surface area contributed by atoms with Gasteiger partial charge in [0.25, 0.3) is 10.0 Å². The highest BCUT2D eigenvalue weighted by molar-refractivity contribution is 7.90. The second kappa shape index (κ2) is 9.11. The Labute approximate surface area is 218 Å². The third-order valence-corrected chi connectivity index (χ3v) is 8.86. The van der Waals surface area contributed by atoms with Gasteiger partial charge in [-0.2, -0.15) is 5.10 Å². The highest BCUT2D eigenvalue weighted by Gasteiger charge is 2.25. The Hall–Kier alpha value is -3.94. The summed E-state index contributed by atoms with van der Waals surface area (Å²) in [4.78, 5) is 12.8. The molecule has 0 spiro atoms. The van der Waals surface area contributed by atoms with Gasteiger partial charge in [0.05, 0.1) is 23.2 Å². The van der Waals surface area contributed by atoms with Gasteiger partial charge in [-0.3, -0.25) is 4.68 Å². The predicted molar refractivity (Wildman–Crippen MR) is 139 cm³/mol. The van der Waals surface area contributed by atoms with Gasteiger partial charge in [-0.25, -0.2) is 35.8 Å². The van der Waals surface area contributed by atoms with E-state index in [2.05, 4.69) is 15.0 Å². The van der Waals surface area contributed by atoms with Crippen molar-refractivity contribution >= 4 is 30.9 Å². The molecule has 1 saturated heterocycles. The molecule has 194 valence electrons. The summed E-state index contributed by atoms with van der Waals surface area (Å²) in [7, 11) is -7.45. The minimum Gasteiger partial charge on any atom is -0.379 e. The Kier molecular flexibility index (Phi) is 5.85. The summed E-state index contributed by atoms with van der Waals surface area (Å²) in [6.45, 7) is 1.13. The smallest absolute Gasteiger partial charge is 0.269 e. The number of fused-ring (bicyclic) bond motifs is 1. The van der Waals surface area contributed by atoms with Crippen LogP contribution in [-0.4, -0.2) is 65.0 Å². The van der Waals surface area contributed by atoms with Crippen LogP contribution in [0.4, 0.5) is 0 Å². The summed E-state index contributed by atoms with van der Waals surface area (Å²) in [5, 5.41) is 5.12. The lowest BCUT2D eigenvalue weighted by Gasteiger charge is -2.08. The lowest BCUT2D eigenvalue weighted by molar-refractivity contribution is 0.184. The fourth-order valence-electron chi connectivity index (χ4n) is 4.41. The fraction of sp³-hybridized carbons (Fsp3) is 0.200. The average molecular weight is 551 g/mol. The van der Waals surface area contributed by atoms with Gasteiger partial charge >= 0.3 is 0 Å². The van der Waals surface area contributed by atoms with Gasteiger partial charge in [0, 0.05) is 54.2 Å². The number of benzene rings is 1. The van der Waals surface area contributed by atoms with Crippen LogP contribution >= 0.6 is 0 Å². The molecule has 1 aliphatic heterocycles. The minimum atomic E-state index is -3.83. The minimum absolute atomic E-state index is 0.0208. The number of ether oxygens (including phenoxy) is 1. The maximum Gasteiger partial charge on any atom is 0.269 e. The lowest BCUT2D eigenvalue weighted by atomic mass is 10.1. The number of hydrogen-bond acceptors (Lipinski definition) is 9. The second-order valence-electron chi connectivity index (χ2n) is 8.95. The van der Waals surface area contributed by atoms with Crippen LogP contribution in [0.1, 0.15) is 12.5 Å². The van der Waals surface area contributed by atoms with E-state index >= 15 is 0 Å². The third-order valence-electron chi connectivity index (χ3n) is 6.32. The van der Waals surface area contributed by atoms with Crippen molar-refractivity contribution in [2.75, 3.05) is 19.5 Å². The van der Waals surface area contributed by atoms with Crippen LogP contribution in [0, 0.1) is 0 Å². The van der Waals surface area contributed by atoms with Gasteiger partial charge in [0.15, 0.2) is 5.65 Å². The van der Waals surface area contributed by atoms with E-state index in [0.717, 1.165) is 16.6 Å². The summed E-state index contributed by atoms with van der Waals surface area (Å²) in [6.07, 6.45) is 8.09. The molecule has 38 heavy (non-hydrogen) atoms. The van der Waals surface area contributed by atoms with E-state index in [1.54, 1.807) is 47.3 Å². The standard InChI is InChI=1S/C25H22N6O5S2/c1-37(32,33)25-26-10-7-22(28-25)21-15-30(19-9-12-36-16-19)29-23(21)18-13-17-8-11-31(24(17)27-14-18)38(34,35)20-5-3-2-4-6-20/h2-8,10-11,13-15,19H,9,12,16H2,1H3. The summed E-state index contributed by atoms with van der Waals surface area (Å²) >= 11 is 0. The summed E-state index contributed by atoms with van der Waals surface area (Å²) < 4.78 is 59.1. The molecule has 0 saturated carbocycles. The molecular formula is C25H22N6O5S2. The van der Waals surface area contributed by atoms with Gasteiger partial charge in [-0.05, 0) is 36.8 Å². The van der Waals surface area contributed by atoms with E-state index in [1.165, 1.54) is 24.5 Å². The molecule has 13 heteroatoms. The van der Waals surface area contributed by atoms with E-state index < -0.39 is 19.9 Å². The molecule has 4 aromatic heterocycles. The summed E-state index contributed by atoms with van der Waals surface area (Å²) in [6, 6.07) is 13.3. The first kappa shape index (κ1) is 24.4. The quantitative estimate of drug-likeness (QED) is 0.292. The van der Waals surface area contributed by atoms with E-state index in [4.69, 9.17) is 9.84 Å². The maximum atomic E-state index is 13.2. The number of hydrogen-bond donors (Lipinski definition) is 0. The number of pyridine rings is 1. The van der Waals surface area contributed by atoms with Crippen molar-refractivity contribution < 1.29 is 21.6 Å². The van der Waals surface area contributed by atoms with Crippen molar-refractivity contribution in [1.29, 1.82) is 0 Å². The van der Waals surface area contributed by atoms with Gasteiger partial charge in [0.1, 0.15) is 5.69 Å². The van der Waals surface area contributed by atoms with E-state index in [0.29, 0.717) is 41.1 Å². The highest BCUT2D eigenvalue weighted by atomic mass is 32.2. The van der Waals surface area contributed by atoms with E-state index in [-0.39, 0.29) is 21.7 Å². The Bertz CT molecular complexity index is 1880. The molecule has 5 aromatic rings. The second-order valence-corrected chi connectivity index (χ2v) is 12.7. The van der Waals surface area contributed by atoms with Crippen LogP contribution < -0.4 is 0 Å². The molecule has 1 fully saturated rings. The summed E-state index contributed by atoms with van der Waals surface area (Å²) in [5.41, 5.74) is 2.43. The molecule has 0 aliphatic carbocycles. The molecule has 0 radical (unpaired) electrons. The zero-order valence-electron chi connectivity index (χ0n) is 20.2. The van der Waals surface area contributed by atoms with Gasteiger partial charge in [-0.1, -0.05) is 18.2 Å². The van der Waals surface area contributed by atoms with Crippen molar-refractivity contribution in [2.24, 2.45) is 0 Å². The van der Waals surface area contributed by atoms with Gasteiger partial charge in [-0.15, -0.1) is 0 Å². The number of nitrogens with zero attached hydrogens (tertiary/aromatic N) is 6. The number of sulfone groups is 1. The first-order chi connectivity index (χ1) is 18.2. The maximum absolute atomic E-state index is 13.2. The van der Waals surface area contributed by atoms with Crippen molar-refractivity contribution in [3.63, 3.8) is 0 Å². The Morgan fingerprint density at radius 3 is 2.58 bits per heavy atom. The van der Waals surface area contributed by atoms with Crippen LogP contribution in [-0.2, 0) is 24.6 Å². The largest absolute Gasteiger partial charge is 0.379 e. The Morgan fingerprint density at radius 1 is 1.03 bits per heavy atom. The Balaban J connectivity index is 1.48. The zero-order chi connectivity index (χ0) is 26.5. The fourth-order valence-corrected chi connectivity index (χ4v) is 6.25. The highest BCUT2D eigenvalue weighted by Crippen LogP contribution is 2.34. The monoisotopic (exact) mass is 550 g/mol. The van der Waals surface area contributed by atoms with Crippen molar-refractivity contribution in [2.45, 2.75) is 22.5 Å². The number of aromatic nitrogens is 6. The molecule has 0 amide bonds. The Morgan fingerprint density at radius 2 is 1.84 bits per heavy atom. The van der Waals surface area contributed by atoms with Crippen LogP contribution in [0.2, 0.25) is 0 Å². The van der Waals surface area contributed by atoms with Crippen LogP contribution in [0.3, 0.4) is 0 Å².